The minimum absolute atomic E-state index is 0.0950. The van der Waals surface area contributed by atoms with Crippen LogP contribution in [0.25, 0.3) is 0 Å². The maximum Gasteiger partial charge on any atom is 0.285 e. The molecule has 19 heavy (non-hydrogen) atoms. The predicted octanol–water partition coefficient (Wildman–Crippen LogP) is 4.34. The fourth-order valence-corrected chi connectivity index (χ4v) is 2.93. The largest absolute Gasteiger partial charge is 0.308 e. The Labute approximate surface area is 114 Å². The minimum Gasteiger partial charge on any atom is -0.308 e. The van der Waals surface area contributed by atoms with E-state index in [0.29, 0.717) is 0 Å². The first kappa shape index (κ1) is 14.4. The van der Waals surface area contributed by atoms with Gasteiger partial charge in [0.2, 0.25) is 0 Å². The monoisotopic (exact) mass is 267 g/mol. The van der Waals surface area contributed by atoms with E-state index in [4.69, 9.17) is 0 Å². The predicted molar refractivity (Wildman–Crippen MR) is 74.4 cm³/mol. The molecule has 2 rings (SSSR count). The minimum atomic E-state index is -2.79. The lowest BCUT2D eigenvalue weighted by Gasteiger charge is -2.36. The molecule has 1 fully saturated rings. The zero-order valence-corrected chi connectivity index (χ0v) is 11.8. The fourth-order valence-electron chi connectivity index (χ4n) is 2.93. The smallest absolute Gasteiger partial charge is 0.285 e. The fraction of sp³-hybridized carbons (Fsp3) is 0.625. The van der Waals surface area contributed by atoms with Gasteiger partial charge >= 0.3 is 0 Å². The lowest BCUT2D eigenvalue weighted by atomic mass is 9.75. The third-order valence-electron chi connectivity index (χ3n) is 4.01. The lowest BCUT2D eigenvalue weighted by Crippen LogP contribution is -2.42. The highest BCUT2D eigenvalue weighted by molar-refractivity contribution is 5.20. The molecule has 0 aliphatic heterocycles. The first-order valence-electron chi connectivity index (χ1n) is 7.06. The van der Waals surface area contributed by atoms with Crippen molar-refractivity contribution in [2.45, 2.75) is 51.5 Å². The van der Waals surface area contributed by atoms with Crippen molar-refractivity contribution in [2.24, 2.45) is 5.41 Å². The summed E-state index contributed by atoms with van der Waals surface area (Å²) in [6.07, 6.45) is 4.31. The molecule has 0 spiro atoms. The Kier molecular flexibility index (Phi) is 4.24. The van der Waals surface area contributed by atoms with Gasteiger partial charge in [0.1, 0.15) is 0 Å². The molecule has 1 aliphatic carbocycles. The zero-order valence-electron chi connectivity index (χ0n) is 11.8. The Morgan fingerprint density at radius 1 is 1.26 bits per heavy atom. The van der Waals surface area contributed by atoms with Crippen LogP contribution in [-0.2, 0) is 5.92 Å². The van der Waals surface area contributed by atoms with Gasteiger partial charge in [-0.1, -0.05) is 50.6 Å². The Morgan fingerprint density at radius 2 is 1.95 bits per heavy atom. The van der Waals surface area contributed by atoms with Crippen molar-refractivity contribution in [2.75, 3.05) is 6.54 Å². The van der Waals surface area contributed by atoms with Crippen LogP contribution in [0, 0.1) is 5.41 Å². The second kappa shape index (κ2) is 5.58. The number of hydrogen-bond acceptors (Lipinski definition) is 1. The van der Waals surface area contributed by atoms with Crippen LogP contribution in [0.5, 0.6) is 0 Å². The average molecular weight is 267 g/mol. The average Bonchev–Trinajstić information content (AvgIpc) is 2.37. The Bertz CT molecular complexity index is 400. The summed E-state index contributed by atoms with van der Waals surface area (Å²) in [5.41, 5.74) is 0.371. The summed E-state index contributed by atoms with van der Waals surface area (Å²) in [6, 6.07) is 8.29. The summed E-state index contributed by atoms with van der Waals surface area (Å²) >= 11 is 0. The van der Waals surface area contributed by atoms with E-state index in [1.54, 1.807) is 18.2 Å². The summed E-state index contributed by atoms with van der Waals surface area (Å²) in [5.74, 6) is -2.79. The van der Waals surface area contributed by atoms with Gasteiger partial charge in [-0.05, 0) is 24.7 Å². The van der Waals surface area contributed by atoms with Gasteiger partial charge in [0.15, 0.2) is 0 Å². The van der Waals surface area contributed by atoms with E-state index in [1.165, 1.54) is 18.6 Å². The summed E-state index contributed by atoms with van der Waals surface area (Å²) in [7, 11) is 0. The lowest BCUT2D eigenvalue weighted by molar-refractivity contribution is -0.00872. The van der Waals surface area contributed by atoms with Crippen LogP contribution in [0.1, 0.15) is 45.1 Å². The van der Waals surface area contributed by atoms with Gasteiger partial charge in [0.05, 0.1) is 6.54 Å². The number of hydrogen-bond donors (Lipinski definition) is 1. The highest BCUT2D eigenvalue weighted by Crippen LogP contribution is 2.35. The highest BCUT2D eigenvalue weighted by Gasteiger charge is 2.34. The quantitative estimate of drug-likeness (QED) is 0.856. The Balaban J connectivity index is 1.91. The van der Waals surface area contributed by atoms with Gasteiger partial charge in [-0.25, -0.2) is 0 Å². The second-order valence-corrected chi connectivity index (χ2v) is 6.41. The van der Waals surface area contributed by atoms with Gasteiger partial charge < -0.3 is 5.32 Å². The normalized spacial score (nSPS) is 23.3. The molecule has 1 saturated carbocycles. The highest BCUT2D eigenvalue weighted by atomic mass is 19.3. The van der Waals surface area contributed by atoms with Crippen molar-refractivity contribution >= 4 is 0 Å². The number of nitrogens with one attached hydrogen (secondary N) is 1. The number of rotatable bonds is 4. The molecule has 1 unspecified atom stereocenters. The van der Waals surface area contributed by atoms with E-state index in [1.807, 2.05) is 0 Å². The molecule has 1 aromatic rings. The second-order valence-electron chi connectivity index (χ2n) is 6.41. The van der Waals surface area contributed by atoms with E-state index < -0.39 is 5.92 Å². The molecule has 0 saturated heterocycles. The van der Waals surface area contributed by atoms with Gasteiger partial charge in [0, 0.05) is 11.6 Å². The van der Waals surface area contributed by atoms with Crippen LogP contribution in [0.3, 0.4) is 0 Å². The topological polar surface area (TPSA) is 12.0 Å². The van der Waals surface area contributed by atoms with E-state index >= 15 is 0 Å². The first-order chi connectivity index (χ1) is 8.89. The third kappa shape index (κ3) is 4.00. The molecular weight excluding hydrogens is 244 g/mol. The SMILES string of the molecule is CC1(C)CCCC(NCC(F)(F)c2ccccc2)C1. The van der Waals surface area contributed by atoms with Crippen molar-refractivity contribution in [1.29, 1.82) is 0 Å². The van der Waals surface area contributed by atoms with Crippen LogP contribution in [-0.4, -0.2) is 12.6 Å². The summed E-state index contributed by atoms with van der Waals surface area (Å²) in [6.45, 7) is 4.17. The van der Waals surface area contributed by atoms with Crippen molar-refractivity contribution in [1.82, 2.24) is 5.32 Å². The number of benzene rings is 1. The first-order valence-corrected chi connectivity index (χ1v) is 7.06. The molecule has 1 aromatic carbocycles. The van der Waals surface area contributed by atoms with Crippen molar-refractivity contribution in [3.63, 3.8) is 0 Å². The summed E-state index contributed by atoms with van der Waals surface area (Å²) < 4.78 is 28.1. The van der Waals surface area contributed by atoms with Crippen LogP contribution in [0.2, 0.25) is 0 Å². The van der Waals surface area contributed by atoms with Crippen LogP contribution >= 0.6 is 0 Å². The van der Waals surface area contributed by atoms with Gasteiger partial charge in [0.25, 0.3) is 5.92 Å². The molecule has 0 aromatic heterocycles. The third-order valence-corrected chi connectivity index (χ3v) is 4.01. The summed E-state index contributed by atoms with van der Waals surface area (Å²) in [4.78, 5) is 0. The zero-order chi connectivity index (χ0) is 13.9. The Hall–Kier alpha value is -0.960. The maximum absolute atomic E-state index is 14.0. The van der Waals surface area contributed by atoms with Crippen LogP contribution < -0.4 is 5.32 Å². The molecule has 0 heterocycles. The molecule has 1 aliphatic rings. The molecule has 0 radical (unpaired) electrons. The van der Waals surface area contributed by atoms with Crippen molar-refractivity contribution in [3.8, 4) is 0 Å². The molecule has 1 nitrogen and oxygen atoms in total. The number of halogens is 2. The molecule has 106 valence electrons. The molecular formula is C16H23F2N. The maximum atomic E-state index is 14.0. The molecule has 1 N–H and O–H groups in total. The molecule has 3 heteroatoms. The van der Waals surface area contributed by atoms with Crippen molar-refractivity contribution in [3.05, 3.63) is 35.9 Å². The van der Waals surface area contributed by atoms with Gasteiger partial charge in [-0.15, -0.1) is 0 Å². The van der Waals surface area contributed by atoms with E-state index in [2.05, 4.69) is 19.2 Å². The van der Waals surface area contributed by atoms with E-state index in [9.17, 15) is 8.78 Å². The summed E-state index contributed by atoms with van der Waals surface area (Å²) in [5, 5.41) is 3.07. The molecule has 1 atom stereocenters. The molecule has 0 bridgehead atoms. The van der Waals surface area contributed by atoms with Crippen LogP contribution in [0.4, 0.5) is 8.78 Å². The van der Waals surface area contributed by atoms with Crippen molar-refractivity contribution < 1.29 is 8.78 Å². The molecule has 0 amide bonds. The standard InChI is InChI=1S/C16H23F2N/c1-15(2)10-6-9-14(11-15)19-12-16(17,18)13-7-4-3-5-8-13/h3-5,7-8,14,19H,6,9-12H2,1-2H3. The van der Waals surface area contributed by atoms with E-state index in [0.717, 1.165) is 19.3 Å². The van der Waals surface area contributed by atoms with Gasteiger partial charge in [-0.2, -0.15) is 8.78 Å². The van der Waals surface area contributed by atoms with Gasteiger partial charge in [-0.3, -0.25) is 0 Å². The van der Waals surface area contributed by atoms with E-state index in [-0.39, 0.29) is 23.6 Å². The Morgan fingerprint density at radius 3 is 2.58 bits per heavy atom. The number of alkyl halides is 2. The van der Waals surface area contributed by atoms with Crippen LogP contribution in [0.15, 0.2) is 30.3 Å².